The van der Waals surface area contributed by atoms with Gasteiger partial charge < -0.3 is 5.73 Å². The van der Waals surface area contributed by atoms with Crippen molar-refractivity contribution >= 4 is 44.0 Å². The highest BCUT2D eigenvalue weighted by Gasteiger charge is 2.09. The first kappa shape index (κ1) is 12.3. The quantitative estimate of drug-likeness (QED) is 0.732. The summed E-state index contributed by atoms with van der Waals surface area (Å²) in [4.78, 5) is 0.387. The molecule has 0 aliphatic carbocycles. The molecule has 0 amide bonds. The molecular weight excluding hydrogens is 322 g/mol. The van der Waals surface area contributed by atoms with E-state index in [2.05, 4.69) is 21.0 Å². The lowest BCUT2D eigenvalue weighted by Gasteiger charge is -2.08. The van der Waals surface area contributed by atoms with Crippen LogP contribution >= 0.6 is 28.1 Å². The summed E-state index contributed by atoms with van der Waals surface area (Å²) < 4.78 is 2.80. The van der Waals surface area contributed by atoms with Crippen molar-refractivity contribution in [1.29, 1.82) is 0 Å². The number of halogens is 1. The Morgan fingerprint density at radius 2 is 2.00 bits per heavy atom. The molecule has 0 unspecified atom stereocenters. The molecular formula is C14H10BrN3S. The lowest BCUT2D eigenvalue weighted by molar-refractivity contribution is 0.906. The van der Waals surface area contributed by atoms with Gasteiger partial charge in [0, 0.05) is 15.4 Å². The fourth-order valence-electron chi connectivity index (χ4n) is 2.00. The van der Waals surface area contributed by atoms with Gasteiger partial charge in [-0.15, -0.1) is 0 Å². The van der Waals surface area contributed by atoms with Gasteiger partial charge >= 0.3 is 0 Å². The van der Waals surface area contributed by atoms with Gasteiger partial charge in [-0.25, -0.2) is 4.68 Å². The number of rotatable bonds is 2. The highest BCUT2D eigenvalue weighted by atomic mass is 79.9. The monoisotopic (exact) mass is 331 g/mol. The molecule has 1 heterocycles. The van der Waals surface area contributed by atoms with E-state index in [4.69, 9.17) is 18.0 Å². The molecule has 0 saturated carbocycles. The third kappa shape index (κ3) is 2.15. The van der Waals surface area contributed by atoms with Crippen LogP contribution in [0, 0.1) is 0 Å². The zero-order valence-corrected chi connectivity index (χ0v) is 12.3. The van der Waals surface area contributed by atoms with Gasteiger partial charge in [-0.05, 0) is 40.2 Å². The molecule has 19 heavy (non-hydrogen) atoms. The number of para-hydroxylation sites is 1. The van der Waals surface area contributed by atoms with Gasteiger partial charge in [0.1, 0.15) is 4.99 Å². The molecule has 3 rings (SSSR count). The summed E-state index contributed by atoms with van der Waals surface area (Å²) in [5.41, 5.74) is 8.49. The van der Waals surface area contributed by atoms with Crippen LogP contribution in [0.3, 0.4) is 0 Å². The van der Waals surface area contributed by atoms with Crippen molar-refractivity contribution in [2.24, 2.45) is 5.73 Å². The maximum absolute atomic E-state index is 5.63. The second-order valence-electron chi connectivity index (χ2n) is 4.15. The van der Waals surface area contributed by atoms with Crippen molar-refractivity contribution in [3.05, 3.63) is 58.7 Å². The smallest absolute Gasteiger partial charge is 0.104 e. The van der Waals surface area contributed by atoms with E-state index in [0.717, 1.165) is 26.6 Å². The van der Waals surface area contributed by atoms with Crippen molar-refractivity contribution in [2.45, 2.75) is 0 Å². The van der Waals surface area contributed by atoms with Crippen LogP contribution in [0.5, 0.6) is 0 Å². The number of nitrogens with two attached hydrogens (primary N) is 1. The van der Waals surface area contributed by atoms with E-state index in [9.17, 15) is 0 Å². The first-order valence-corrected chi connectivity index (χ1v) is 6.89. The highest BCUT2D eigenvalue weighted by molar-refractivity contribution is 9.10. The van der Waals surface area contributed by atoms with E-state index in [0.29, 0.717) is 4.99 Å². The average molecular weight is 332 g/mol. The van der Waals surface area contributed by atoms with Crippen molar-refractivity contribution in [3.63, 3.8) is 0 Å². The zero-order valence-electron chi connectivity index (χ0n) is 9.88. The number of hydrogen-bond acceptors (Lipinski definition) is 2. The Morgan fingerprint density at radius 1 is 1.21 bits per heavy atom. The van der Waals surface area contributed by atoms with Gasteiger partial charge in [0.05, 0.1) is 17.4 Å². The largest absolute Gasteiger partial charge is 0.389 e. The van der Waals surface area contributed by atoms with Gasteiger partial charge in [0.15, 0.2) is 0 Å². The Balaban J connectivity index is 2.19. The number of benzene rings is 2. The van der Waals surface area contributed by atoms with Crippen LogP contribution in [0.4, 0.5) is 0 Å². The zero-order chi connectivity index (χ0) is 13.4. The fraction of sp³-hybridized carbons (Fsp3) is 0. The minimum atomic E-state index is 0.387. The van der Waals surface area contributed by atoms with E-state index in [1.807, 2.05) is 53.3 Å². The predicted molar refractivity (Wildman–Crippen MR) is 84.7 cm³/mol. The Morgan fingerprint density at radius 3 is 2.74 bits per heavy atom. The summed E-state index contributed by atoms with van der Waals surface area (Å²) >= 11 is 8.52. The van der Waals surface area contributed by atoms with Crippen LogP contribution in [0.1, 0.15) is 5.56 Å². The maximum atomic E-state index is 5.63. The molecule has 3 nitrogen and oxygen atoms in total. The minimum absolute atomic E-state index is 0.387. The average Bonchev–Trinajstić information content (AvgIpc) is 2.82. The molecule has 0 radical (unpaired) electrons. The molecule has 0 aliphatic rings. The third-order valence-electron chi connectivity index (χ3n) is 2.94. The molecule has 0 spiro atoms. The molecule has 0 bridgehead atoms. The summed E-state index contributed by atoms with van der Waals surface area (Å²) in [5, 5.41) is 5.53. The minimum Gasteiger partial charge on any atom is -0.389 e. The number of hydrogen-bond donors (Lipinski definition) is 1. The van der Waals surface area contributed by atoms with Crippen molar-refractivity contribution in [2.75, 3.05) is 0 Å². The van der Waals surface area contributed by atoms with Crippen LogP contribution in [-0.4, -0.2) is 14.8 Å². The number of thiocarbonyl (C=S) groups is 1. The molecule has 94 valence electrons. The van der Waals surface area contributed by atoms with E-state index in [-0.39, 0.29) is 0 Å². The molecule has 1 aromatic heterocycles. The van der Waals surface area contributed by atoms with Crippen LogP contribution in [-0.2, 0) is 0 Å². The van der Waals surface area contributed by atoms with Gasteiger partial charge in [-0.3, -0.25) is 0 Å². The van der Waals surface area contributed by atoms with Crippen molar-refractivity contribution < 1.29 is 0 Å². The molecule has 0 saturated heterocycles. The topological polar surface area (TPSA) is 43.8 Å². The highest BCUT2D eigenvalue weighted by Crippen LogP contribution is 2.25. The van der Waals surface area contributed by atoms with Crippen molar-refractivity contribution in [1.82, 2.24) is 9.78 Å². The second kappa shape index (κ2) is 4.75. The summed E-state index contributed by atoms with van der Waals surface area (Å²) in [6, 6.07) is 13.8. The first-order valence-electron chi connectivity index (χ1n) is 5.69. The number of nitrogens with zero attached hydrogens (tertiary/aromatic N) is 2. The SMILES string of the molecule is NC(=S)c1ccc(-n2ncc3ccccc32)c(Br)c1. The van der Waals surface area contributed by atoms with Crippen LogP contribution < -0.4 is 5.73 Å². The Labute approximate surface area is 124 Å². The number of aromatic nitrogens is 2. The molecule has 0 fully saturated rings. The summed E-state index contributed by atoms with van der Waals surface area (Å²) in [6.45, 7) is 0. The number of fused-ring (bicyclic) bond motifs is 1. The van der Waals surface area contributed by atoms with E-state index in [1.165, 1.54) is 0 Å². The second-order valence-corrected chi connectivity index (χ2v) is 5.44. The summed E-state index contributed by atoms with van der Waals surface area (Å²) in [6.07, 6.45) is 1.85. The molecule has 0 aliphatic heterocycles. The molecule has 2 N–H and O–H groups in total. The van der Waals surface area contributed by atoms with Crippen molar-refractivity contribution in [3.8, 4) is 5.69 Å². The van der Waals surface area contributed by atoms with Crippen LogP contribution in [0.25, 0.3) is 16.6 Å². The van der Waals surface area contributed by atoms with Gasteiger partial charge in [-0.1, -0.05) is 30.4 Å². The normalized spacial score (nSPS) is 10.8. The lowest BCUT2D eigenvalue weighted by atomic mass is 10.2. The summed E-state index contributed by atoms with van der Waals surface area (Å²) in [5.74, 6) is 0. The molecule has 2 aromatic carbocycles. The molecule has 3 aromatic rings. The lowest BCUT2D eigenvalue weighted by Crippen LogP contribution is -2.09. The van der Waals surface area contributed by atoms with Crippen LogP contribution in [0.2, 0.25) is 0 Å². The third-order valence-corrected chi connectivity index (χ3v) is 3.81. The van der Waals surface area contributed by atoms with Gasteiger partial charge in [0.2, 0.25) is 0 Å². The molecule has 5 heteroatoms. The fourth-order valence-corrected chi connectivity index (χ4v) is 2.67. The predicted octanol–water partition coefficient (Wildman–Crippen LogP) is 3.42. The van der Waals surface area contributed by atoms with E-state index in [1.54, 1.807) is 0 Å². The Bertz CT molecular complexity index is 779. The Kier molecular flexibility index (Phi) is 3.08. The van der Waals surface area contributed by atoms with Crippen LogP contribution in [0.15, 0.2) is 53.1 Å². The van der Waals surface area contributed by atoms with Gasteiger partial charge in [-0.2, -0.15) is 5.10 Å². The molecule has 0 atom stereocenters. The summed E-state index contributed by atoms with van der Waals surface area (Å²) in [7, 11) is 0. The van der Waals surface area contributed by atoms with E-state index >= 15 is 0 Å². The van der Waals surface area contributed by atoms with Gasteiger partial charge in [0.25, 0.3) is 0 Å². The Hall–Kier alpha value is -1.72. The maximum Gasteiger partial charge on any atom is 0.104 e. The first-order chi connectivity index (χ1) is 9.16. The van der Waals surface area contributed by atoms with E-state index < -0.39 is 0 Å². The standard InChI is InChI=1S/C14H10BrN3S/c15-11-7-9(14(16)19)5-6-13(11)18-12-4-2-1-3-10(12)8-17-18/h1-8H,(H2,16,19).